The number of ether oxygens (including phenoxy) is 3. The highest BCUT2D eigenvalue weighted by Gasteiger charge is 2.36. The van der Waals surface area contributed by atoms with Crippen molar-refractivity contribution in [1.82, 2.24) is 4.90 Å². The average Bonchev–Trinajstić information content (AvgIpc) is 3.53. The normalized spacial score (nSPS) is 15.1. The summed E-state index contributed by atoms with van der Waals surface area (Å²) in [5.74, 6) is -0.554. The number of carbonyl (C=O) groups excluding carboxylic acids is 3. The predicted octanol–water partition coefficient (Wildman–Crippen LogP) is 4.08. The van der Waals surface area contributed by atoms with Crippen LogP contribution in [-0.4, -0.2) is 55.7 Å². The molecule has 2 aliphatic rings. The quantitative estimate of drug-likeness (QED) is 0.156. The van der Waals surface area contributed by atoms with E-state index < -0.39 is 43.5 Å². The van der Waals surface area contributed by atoms with Gasteiger partial charge in [0.15, 0.2) is 23.0 Å². The molecule has 222 valence electrons. The minimum absolute atomic E-state index is 0.0242. The van der Waals surface area contributed by atoms with Gasteiger partial charge in [-0.2, -0.15) is 8.42 Å². The van der Waals surface area contributed by atoms with E-state index in [0.717, 1.165) is 11.0 Å². The fourth-order valence-electron chi connectivity index (χ4n) is 4.06. The zero-order valence-corrected chi connectivity index (χ0v) is 24.0. The summed E-state index contributed by atoms with van der Waals surface area (Å²) in [4.78, 5) is 49.0. The molecular formula is C27H21N3O11S2. The van der Waals surface area contributed by atoms with Crippen molar-refractivity contribution in [2.24, 2.45) is 0 Å². The van der Waals surface area contributed by atoms with Crippen LogP contribution in [0.25, 0.3) is 6.08 Å². The molecule has 1 N–H and O–H groups in total. The average molecular weight is 628 g/mol. The Balaban J connectivity index is 1.29. The van der Waals surface area contributed by atoms with Gasteiger partial charge in [-0.15, -0.1) is 0 Å². The maximum Gasteiger partial charge on any atom is 0.339 e. The summed E-state index contributed by atoms with van der Waals surface area (Å²) in [5, 5.41) is 13.2. The molecule has 2 aliphatic heterocycles. The number of hydrogen-bond donors (Lipinski definition) is 1. The highest BCUT2D eigenvalue weighted by atomic mass is 32.2. The Morgan fingerprint density at radius 1 is 1.09 bits per heavy atom. The Kier molecular flexibility index (Phi) is 7.97. The Morgan fingerprint density at radius 2 is 1.86 bits per heavy atom. The van der Waals surface area contributed by atoms with Crippen LogP contribution in [0.3, 0.4) is 0 Å². The molecule has 16 heteroatoms. The number of nitrogens with one attached hydrogen (secondary N) is 1. The monoisotopic (exact) mass is 627 g/mol. The molecule has 0 bridgehead atoms. The third kappa shape index (κ3) is 6.24. The first-order valence-corrected chi connectivity index (χ1v) is 14.5. The number of anilines is 1. The van der Waals surface area contributed by atoms with Crippen LogP contribution in [0.4, 0.5) is 16.2 Å². The number of nitro benzene ring substituents is 1. The minimum atomic E-state index is -4.48. The van der Waals surface area contributed by atoms with Gasteiger partial charge in [0, 0.05) is 23.4 Å². The summed E-state index contributed by atoms with van der Waals surface area (Å²) in [5.41, 5.74) is 0.656. The number of methoxy groups -OCH3 is 1. The smallest absolute Gasteiger partial charge is 0.339 e. The first-order valence-electron chi connectivity index (χ1n) is 12.3. The van der Waals surface area contributed by atoms with Crippen LogP contribution in [0.5, 0.6) is 23.0 Å². The van der Waals surface area contributed by atoms with Gasteiger partial charge in [0.25, 0.3) is 16.8 Å². The zero-order chi connectivity index (χ0) is 30.9. The lowest BCUT2D eigenvalue weighted by Crippen LogP contribution is -2.36. The predicted molar refractivity (Wildman–Crippen MR) is 153 cm³/mol. The molecule has 2 heterocycles. The molecule has 0 atom stereocenters. The molecule has 0 saturated carbocycles. The summed E-state index contributed by atoms with van der Waals surface area (Å²) in [6, 6.07) is 12.2. The van der Waals surface area contributed by atoms with E-state index in [4.69, 9.17) is 18.4 Å². The zero-order valence-electron chi connectivity index (χ0n) is 22.4. The summed E-state index contributed by atoms with van der Waals surface area (Å²) in [6.45, 7) is 1.01. The van der Waals surface area contributed by atoms with Gasteiger partial charge in [0.1, 0.15) is 11.4 Å². The Hall–Kier alpha value is -5.09. The van der Waals surface area contributed by atoms with Crippen molar-refractivity contribution >= 4 is 56.4 Å². The topological polar surface area (TPSA) is 181 Å². The van der Waals surface area contributed by atoms with Crippen LogP contribution in [0.15, 0.2) is 64.4 Å². The van der Waals surface area contributed by atoms with Crippen molar-refractivity contribution in [2.75, 3.05) is 25.8 Å². The van der Waals surface area contributed by atoms with Crippen molar-refractivity contribution < 1.29 is 46.1 Å². The van der Waals surface area contributed by atoms with Gasteiger partial charge < -0.3 is 23.7 Å². The second-order valence-electron chi connectivity index (χ2n) is 9.04. The summed E-state index contributed by atoms with van der Waals surface area (Å²) < 4.78 is 46.6. The number of nitrogens with zero attached hydrogens (tertiary/aromatic N) is 2. The second kappa shape index (κ2) is 11.7. The molecule has 0 aromatic heterocycles. The highest BCUT2D eigenvalue weighted by molar-refractivity contribution is 8.18. The lowest BCUT2D eigenvalue weighted by molar-refractivity contribution is -0.385. The minimum Gasteiger partial charge on any atom is -0.493 e. The van der Waals surface area contributed by atoms with Crippen LogP contribution in [0, 0.1) is 17.0 Å². The molecular weight excluding hydrogens is 606 g/mol. The van der Waals surface area contributed by atoms with Crippen LogP contribution in [-0.2, 0) is 19.7 Å². The number of amides is 3. The molecule has 14 nitrogen and oxygen atoms in total. The highest BCUT2D eigenvalue weighted by Crippen LogP contribution is 2.37. The van der Waals surface area contributed by atoms with Gasteiger partial charge in [-0.05, 0) is 60.7 Å². The third-order valence-electron chi connectivity index (χ3n) is 6.18. The molecule has 0 aliphatic carbocycles. The summed E-state index contributed by atoms with van der Waals surface area (Å²) in [6.07, 6.45) is 1.38. The van der Waals surface area contributed by atoms with E-state index >= 15 is 0 Å². The maximum absolute atomic E-state index is 12.9. The molecule has 0 spiro atoms. The largest absolute Gasteiger partial charge is 0.493 e. The number of rotatable bonds is 9. The molecule has 1 fully saturated rings. The molecule has 1 saturated heterocycles. The van der Waals surface area contributed by atoms with Crippen LogP contribution >= 0.6 is 11.8 Å². The van der Waals surface area contributed by atoms with Gasteiger partial charge in [0.2, 0.25) is 12.7 Å². The van der Waals surface area contributed by atoms with E-state index in [1.165, 1.54) is 50.4 Å². The Bertz CT molecular complexity index is 1820. The number of thioether (sulfide) groups is 1. The molecule has 3 aromatic rings. The van der Waals surface area contributed by atoms with E-state index in [1.807, 2.05) is 0 Å². The summed E-state index contributed by atoms with van der Waals surface area (Å²) in [7, 11) is -3.21. The molecule has 5 rings (SSSR count). The number of fused-ring (bicyclic) bond motifs is 1. The van der Waals surface area contributed by atoms with E-state index in [0.29, 0.717) is 34.5 Å². The molecule has 0 unspecified atom stereocenters. The first kappa shape index (κ1) is 29.4. The van der Waals surface area contributed by atoms with Gasteiger partial charge in [-0.25, -0.2) is 0 Å². The molecule has 43 heavy (non-hydrogen) atoms. The van der Waals surface area contributed by atoms with Crippen molar-refractivity contribution in [3.63, 3.8) is 0 Å². The number of hydrogen-bond acceptors (Lipinski definition) is 12. The number of nitro groups is 1. The van der Waals surface area contributed by atoms with Gasteiger partial charge in [-0.1, -0.05) is 12.1 Å². The number of benzene rings is 3. The van der Waals surface area contributed by atoms with E-state index in [9.17, 15) is 32.9 Å². The van der Waals surface area contributed by atoms with Crippen LogP contribution in [0.1, 0.15) is 11.1 Å². The van der Waals surface area contributed by atoms with Crippen LogP contribution < -0.4 is 23.7 Å². The van der Waals surface area contributed by atoms with E-state index in [1.54, 1.807) is 18.2 Å². The SMILES string of the molecule is COc1cc(/C=C2\SC(=O)N(CC(=O)Nc3ccc4c(c3)OCO4)C2=O)ccc1OS(=O)(=O)c1ccc(C)c([N+](=O)[O-])c1. The van der Waals surface area contributed by atoms with Crippen molar-refractivity contribution in [1.29, 1.82) is 0 Å². The second-order valence-corrected chi connectivity index (χ2v) is 11.6. The van der Waals surface area contributed by atoms with E-state index in [2.05, 4.69) is 5.32 Å². The maximum atomic E-state index is 12.9. The summed E-state index contributed by atoms with van der Waals surface area (Å²) >= 11 is 0.630. The van der Waals surface area contributed by atoms with Crippen molar-refractivity contribution in [2.45, 2.75) is 11.8 Å². The molecule has 3 amide bonds. The number of aryl methyl sites for hydroxylation is 1. The molecule has 3 aromatic carbocycles. The number of carbonyl (C=O) groups is 3. The fraction of sp³-hybridized carbons (Fsp3) is 0.148. The van der Waals surface area contributed by atoms with Crippen molar-refractivity contribution in [3.05, 3.63) is 80.7 Å². The van der Waals surface area contributed by atoms with Gasteiger partial charge in [-0.3, -0.25) is 29.4 Å². The van der Waals surface area contributed by atoms with Crippen molar-refractivity contribution in [3.8, 4) is 23.0 Å². The standard InChI is InChI=1S/C27H21N3O11S2/c1-15-3-6-18(12-19(15)30(34)35)43(36,37)41-21-7-4-16(9-22(21)38-2)10-24-26(32)29(27(33)42-24)13-25(31)28-17-5-8-20-23(11-17)40-14-39-20/h3-12H,13-14H2,1-2H3,(H,28,31)/b24-10-. The lowest BCUT2D eigenvalue weighted by Gasteiger charge is -2.13. The first-order chi connectivity index (χ1) is 20.4. The fourth-order valence-corrected chi connectivity index (χ4v) is 5.86. The van der Waals surface area contributed by atoms with E-state index in [-0.39, 0.29) is 34.4 Å². The van der Waals surface area contributed by atoms with Gasteiger partial charge >= 0.3 is 10.1 Å². The lowest BCUT2D eigenvalue weighted by atomic mass is 10.2. The third-order valence-corrected chi connectivity index (χ3v) is 8.32. The van der Waals surface area contributed by atoms with Gasteiger partial charge in [0.05, 0.1) is 16.9 Å². The Morgan fingerprint density at radius 3 is 2.60 bits per heavy atom. The van der Waals surface area contributed by atoms with Crippen LogP contribution in [0.2, 0.25) is 0 Å². The molecule has 0 radical (unpaired) electrons. The Labute approximate surface area is 248 Å². The number of imide groups is 1.